The largest absolute Gasteiger partial charge is 0.478 e. The van der Waals surface area contributed by atoms with Gasteiger partial charge in [0.1, 0.15) is 0 Å². The summed E-state index contributed by atoms with van der Waals surface area (Å²) in [5.41, 5.74) is 2.99. The molecule has 2 aromatic rings. The number of piperazine rings is 1. The van der Waals surface area contributed by atoms with E-state index in [1.165, 1.54) is 5.69 Å². The predicted octanol–water partition coefficient (Wildman–Crippen LogP) is 2.59. The molecule has 1 aliphatic heterocycles. The van der Waals surface area contributed by atoms with Crippen molar-refractivity contribution in [1.82, 2.24) is 0 Å². The quantitative estimate of drug-likeness (QED) is 0.810. The van der Waals surface area contributed by atoms with Gasteiger partial charge in [0.15, 0.2) is 0 Å². The first-order valence-electron chi connectivity index (χ1n) is 8.49. The normalized spacial score (nSPS) is 14.5. The molecule has 2 N–H and O–H groups in total. The van der Waals surface area contributed by atoms with Gasteiger partial charge in [0, 0.05) is 55.4 Å². The van der Waals surface area contributed by atoms with Crippen LogP contribution >= 0.6 is 0 Å². The molecule has 0 aromatic heterocycles. The van der Waals surface area contributed by atoms with Crippen molar-refractivity contribution in [2.75, 3.05) is 41.3 Å². The number of para-hydroxylation sites is 1. The molecule has 0 radical (unpaired) electrons. The molecule has 0 unspecified atom stereocenters. The fourth-order valence-electron chi connectivity index (χ4n) is 2.95. The summed E-state index contributed by atoms with van der Waals surface area (Å²) in [6.45, 7) is 3.79. The Hall–Kier alpha value is -3.28. The van der Waals surface area contributed by atoms with Crippen LogP contribution in [0.1, 0.15) is 0 Å². The maximum absolute atomic E-state index is 11.6. The number of nitrogens with zero attached hydrogens (tertiary/aromatic N) is 2. The van der Waals surface area contributed by atoms with Gasteiger partial charge in [0.25, 0.3) is 0 Å². The fourth-order valence-corrected chi connectivity index (χ4v) is 2.95. The number of carbonyl (C=O) groups is 2. The zero-order valence-electron chi connectivity index (χ0n) is 14.3. The monoisotopic (exact) mass is 351 g/mol. The highest BCUT2D eigenvalue weighted by atomic mass is 16.4. The number of benzene rings is 2. The van der Waals surface area contributed by atoms with Gasteiger partial charge in [-0.05, 0) is 36.4 Å². The van der Waals surface area contributed by atoms with Gasteiger partial charge in [-0.3, -0.25) is 4.79 Å². The van der Waals surface area contributed by atoms with Gasteiger partial charge in [-0.25, -0.2) is 4.79 Å². The van der Waals surface area contributed by atoms with Crippen LogP contribution in [0.15, 0.2) is 66.7 Å². The van der Waals surface area contributed by atoms with E-state index in [4.69, 9.17) is 5.11 Å². The van der Waals surface area contributed by atoms with Crippen LogP contribution in [0, 0.1) is 0 Å². The number of hydrogen-bond donors (Lipinski definition) is 2. The Kier molecular flexibility index (Phi) is 5.53. The van der Waals surface area contributed by atoms with E-state index in [1.807, 2.05) is 30.3 Å². The Morgan fingerprint density at radius 3 is 1.88 bits per heavy atom. The molecule has 2 aromatic carbocycles. The van der Waals surface area contributed by atoms with E-state index < -0.39 is 11.9 Å². The molecular formula is C20H21N3O3. The van der Waals surface area contributed by atoms with Crippen molar-refractivity contribution in [3.63, 3.8) is 0 Å². The van der Waals surface area contributed by atoms with E-state index in [0.717, 1.165) is 44.0 Å². The third-order valence-electron chi connectivity index (χ3n) is 4.28. The second-order valence-electron chi connectivity index (χ2n) is 6.02. The number of anilines is 3. The molecule has 1 saturated heterocycles. The van der Waals surface area contributed by atoms with Crippen molar-refractivity contribution < 1.29 is 14.7 Å². The third kappa shape index (κ3) is 4.63. The van der Waals surface area contributed by atoms with Crippen LogP contribution in [0.2, 0.25) is 0 Å². The van der Waals surface area contributed by atoms with E-state index in [9.17, 15) is 9.59 Å². The first-order chi connectivity index (χ1) is 12.6. The Morgan fingerprint density at radius 1 is 0.808 bits per heavy atom. The SMILES string of the molecule is O=C(O)/C=C/C(=O)Nc1ccc(N2CCN(c3ccccc3)CC2)cc1. The van der Waals surface area contributed by atoms with Gasteiger partial charge < -0.3 is 20.2 Å². The second kappa shape index (κ2) is 8.20. The molecule has 1 aliphatic rings. The fraction of sp³-hybridized carbons (Fsp3) is 0.200. The van der Waals surface area contributed by atoms with Crippen LogP contribution in [-0.4, -0.2) is 43.2 Å². The summed E-state index contributed by atoms with van der Waals surface area (Å²) in [6, 6.07) is 18.0. The minimum Gasteiger partial charge on any atom is -0.478 e. The zero-order chi connectivity index (χ0) is 18.4. The van der Waals surface area contributed by atoms with Gasteiger partial charge in [-0.15, -0.1) is 0 Å². The smallest absolute Gasteiger partial charge is 0.328 e. The molecule has 1 fully saturated rings. The minimum atomic E-state index is -1.15. The highest BCUT2D eigenvalue weighted by Gasteiger charge is 2.17. The first kappa shape index (κ1) is 17.5. The average Bonchev–Trinajstić information content (AvgIpc) is 2.68. The molecule has 3 rings (SSSR count). The summed E-state index contributed by atoms with van der Waals surface area (Å²) < 4.78 is 0. The lowest BCUT2D eigenvalue weighted by atomic mass is 10.2. The molecule has 1 amide bonds. The summed E-state index contributed by atoms with van der Waals surface area (Å²) in [5, 5.41) is 11.2. The van der Waals surface area contributed by atoms with Gasteiger partial charge in [0.2, 0.25) is 5.91 Å². The molecule has 0 bridgehead atoms. The van der Waals surface area contributed by atoms with E-state index >= 15 is 0 Å². The van der Waals surface area contributed by atoms with E-state index in [0.29, 0.717) is 5.69 Å². The average molecular weight is 351 g/mol. The van der Waals surface area contributed by atoms with Crippen LogP contribution in [-0.2, 0) is 9.59 Å². The van der Waals surface area contributed by atoms with Crippen molar-refractivity contribution in [2.24, 2.45) is 0 Å². The van der Waals surface area contributed by atoms with Crippen LogP contribution in [0.3, 0.4) is 0 Å². The number of nitrogens with one attached hydrogen (secondary N) is 1. The summed E-state index contributed by atoms with van der Waals surface area (Å²) in [6.07, 6.45) is 1.81. The van der Waals surface area contributed by atoms with Crippen LogP contribution in [0.5, 0.6) is 0 Å². The minimum absolute atomic E-state index is 0.461. The summed E-state index contributed by atoms with van der Waals surface area (Å²) in [5.74, 6) is -1.61. The lowest BCUT2D eigenvalue weighted by molar-refractivity contribution is -0.131. The number of carboxylic acids is 1. The lowest BCUT2D eigenvalue weighted by Crippen LogP contribution is -2.46. The van der Waals surface area contributed by atoms with E-state index in [1.54, 1.807) is 0 Å². The number of carbonyl (C=O) groups excluding carboxylic acids is 1. The summed E-state index contributed by atoms with van der Waals surface area (Å²) in [4.78, 5) is 26.7. The first-order valence-corrected chi connectivity index (χ1v) is 8.49. The molecule has 0 atom stereocenters. The molecule has 6 heteroatoms. The van der Waals surface area contributed by atoms with Gasteiger partial charge in [0.05, 0.1) is 0 Å². The summed E-state index contributed by atoms with van der Waals surface area (Å²) in [7, 11) is 0. The Bertz CT molecular complexity index is 780. The topological polar surface area (TPSA) is 72.9 Å². The third-order valence-corrected chi connectivity index (χ3v) is 4.28. The number of hydrogen-bond acceptors (Lipinski definition) is 4. The molecule has 26 heavy (non-hydrogen) atoms. The number of carboxylic acid groups (broad SMARTS) is 1. The standard InChI is InChI=1S/C20H21N3O3/c24-19(10-11-20(25)26)21-16-6-8-18(9-7-16)23-14-12-22(13-15-23)17-4-2-1-3-5-17/h1-11H,12-15H2,(H,21,24)(H,25,26)/b11-10+. The maximum Gasteiger partial charge on any atom is 0.328 e. The Morgan fingerprint density at radius 2 is 1.35 bits per heavy atom. The van der Waals surface area contributed by atoms with Crippen molar-refractivity contribution in [1.29, 1.82) is 0 Å². The van der Waals surface area contributed by atoms with E-state index in [-0.39, 0.29) is 0 Å². The molecular weight excluding hydrogens is 330 g/mol. The summed E-state index contributed by atoms with van der Waals surface area (Å²) >= 11 is 0. The van der Waals surface area contributed by atoms with Crippen LogP contribution in [0.4, 0.5) is 17.1 Å². The second-order valence-corrected chi connectivity index (χ2v) is 6.02. The number of aliphatic carboxylic acids is 1. The molecule has 134 valence electrons. The van der Waals surface area contributed by atoms with Crippen LogP contribution in [0.25, 0.3) is 0 Å². The van der Waals surface area contributed by atoms with E-state index in [2.05, 4.69) is 39.4 Å². The number of rotatable bonds is 5. The molecule has 0 saturated carbocycles. The number of amides is 1. The lowest BCUT2D eigenvalue weighted by Gasteiger charge is -2.37. The van der Waals surface area contributed by atoms with Crippen molar-refractivity contribution >= 4 is 28.9 Å². The molecule has 1 heterocycles. The van der Waals surface area contributed by atoms with Crippen molar-refractivity contribution in [2.45, 2.75) is 0 Å². The van der Waals surface area contributed by atoms with Gasteiger partial charge in [-0.1, -0.05) is 18.2 Å². The van der Waals surface area contributed by atoms with Gasteiger partial charge >= 0.3 is 5.97 Å². The maximum atomic E-state index is 11.6. The Balaban J connectivity index is 1.55. The molecule has 0 spiro atoms. The highest BCUT2D eigenvalue weighted by molar-refractivity contribution is 6.02. The van der Waals surface area contributed by atoms with Crippen molar-refractivity contribution in [3.05, 3.63) is 66.7 Å². The van der Waals surface area contributed by atoms with Gasteiger partial charge in [-0.2, -0.15) is 0 Å². The Labute approximate surface area is 152 Å². The van der Waals surface area contributed by atoms with Crippen molar-refractivity contribution in [3.8, 4) is 0 Å². The zero-order valence-corrected chi connectivity index (χ0v) is 14.3. The highest BCUT2D eigenvalue weighted by Crippen LogP contribution is 2.22. The molecule has 0 aliphatic carbocycles. The predicted molar refractivity (Wildman–Crippen MR) is 103 cm³/mol. The molecule has 6 nitrogen and oxygen atoms in total. The van der Waals surface area contributed by atoms with Crippen LogP contribution < -0.4 is 15.1 Å².